The third-order valence-electron chi connectivity index (χ3n) is 1.46. The zero-order chi connectivity index (χ0) is 7.68. The van der Waals surface area contributed by atoms with Crippen LogP contribution in [-0.4, -0.2) is 16.6 Å². The lowest BCUT2D eigenvalue weighted by Crippen LogP contribution is -2.06. The van der Waals surface area contributed by atoms with Crippen LogP contribution in [0.2, 0.25) is 0 Å². The van der Waals surface area contributed by atoms with Gasteiger partial charge >= 0.3 is 0 Å². The highest BCUT2D eigenvalue weighted by atomic mass is 16.5. The molecule has 2 rings (SSSR count). The second-order valence-electron chi connectivity index (χ2n) is 2.19. The maximum absolute atomic E-state index is 5.53. The molecule has 56 valence electrons. The van der Waals surface area contributed by atoms with E-state index in [2.05, 4.69) is 9.97 Å². The first-order chi connectivity index (χ1) is 5.38. The number of hydrogen-bond acceptors (Lipinski definition) is 4. The van der Waals surface area contributed by atoms with Gasteiger partial charge in [0.15, 0.2) is 11.6 Å². The van der Waals surface area contributed by atoms with Gasteiger partial charge in [-0.2, -0.15) is 0 Å². The van der Waals surface area contributed by atoms with E-state index >= 15 is 0 Å². The van der Waals surface area contributed by atoms with Crippen LogP contribution in [0.4, 0.5) is 5.82 Å². The summed E-state index contributed by atoms with van der Waals surface area (Å²) in [5.74, 6) is 0.995. The molecule has 4 nitrogen and oxygen atoms in total. The van der Waals surface area contributed by atoms with E-state index in [0.717, 1.165) is 5.69 Å². The molecule has 11 heavy (non-hydrogen) atoms. The average Bonchev–Trinajstić information content (AvgIpc) is 2.06. The molecule has 0 aliphatic carbocycles. The van der Waals surface area contributed by atoms with Gasteiger partial charge in [0.1, 0.15) is 18.6 Å². The van der Waals surface area contributed by atoms with Gasteiger partial charge < -0.3 is 10.5 Å². The molecule has 0 atom stereocenters. The Labute approximate surface area is 63.7 Å². The summed E-state index contributed by atoms with van der Waals surface area (Å²) in [4.78, 5) is 7.78. The number of nitrogen functional groups attached to an aromatic ring is 1. The molecule has 0 radical (unpaired) electrons. The summed E-state index contributed by atoms with van der Waals surface area (Å²) in [7, 11) is 0. The van der Waals surface area contributed by atoms with Gasteiger partial charge in [0.05, 0.1) is 0 Å². The van der Waals surface area contributed by atoms with Gasteiger partial charge in [0.2, 0.25) is 0 Å². The Morgan fingerprint density at radius 1 is 1.45 bits per heavy atom. The van der Waals surface area contributed by atoms with Crippen molar-refractivity contribution < 1.29 is 4.74 Å². The molecular formula is C7H7N3O. The van der Waals surface area contributed by atoms with Crippen LogP contribution in [0.1, 0.15) is 5.69 Å². The third kappa shape index (κ3) is 0.920. The molecule has 0 bridgehead atoms. The summed E-state index contributed by atoms with van der Waals surface area (Å²) in [6.07, 6.45) is 5.18. The molecule has 4 heteroatoms. The Hall–Kier alpha value is -1.58. The van der Waals surface area contributed by atoms with Crippen LogP contribution in [-0.2, 0) is 0 Å². The fourth-order valence-corrected chi connectivity index (χ4v) is 0.960. The lowest BCUT2D eigenvalue weighted by Gasteiger charge is -2.11. The molecule has 2 heterocycles. The molecule has 0 saturated carbocycles. The van der Waals surface area contributed by atoms with Crippen LogP contribution in [0.15, 0.2) is 12.4 Å². The molecule has 1 aliphatic rings. The summed E-state index contributed by atoms with van der Waals surface area (Å²) in [6.45, 7) is 0.546. The van der Waals surface area contributed by atoms with E-state index in [0.29, 0.717) is 18.2 Å². The van der Waals surface area contributed by atoms with Gasteiger partial charge in [-0.1, -0.05) is 0 Å². The molecule has 0 amide bonds. The number of nitrogens with two attached hydrogens (primary N) is 1. The lowest BCUT2D eigenvalue weighted by molar-refractivity contribution is 0.357. The second-order valence-corrected chi connectivity index (χ2v) is 2.19. The number of aromatic nitrogens is 2. The molecule has 2 N–H and O–H groups in total. The Kier molecular flexibility index (Phi) is 1.25. The predicted octanol–water partition coefficient (Wildman–Crippen LogP) is 0.464. The number of anilines is 1. The Morgan fingerprint density at radius 2 is 2.36 bits per heavy atom. The highest BCUT2D eigenvalue weighted by molar-refractivity contribution is 5.62. The van der Waals surface area contributed by atoms with E-state index in [9.17, 15) is 0 Å². The minimum atomic E-state index is 0.402. The first-order valence-electron chi connectivity index (χ1n) is 3.28. The Bertz CT molecular complexity index is 309. The SMILES string of the molecule is Nc1ncnc2c1OCC=C2. The smallest absolute Gasteiger partial charge is 0.187 e. The van der Waals surface area contributed by atoms with Crippen molar-refractivity contribution in [2.45, 2.75) is 0 Å². The van der Waals surface area contributed by atoms with Gasteiger partial charge in [-0.3, -0.25) is 0 Å². The van der Waals surface area contributed by atoms with Crippen molar-refractivity contribution in [1.82, 2.24) is 9.97 Å². The fourth-order valence-electron chi connectivity index (χ4n) is 0.960. The molecule has 0 aromatic carbocycles. The minimum Gasteiger partial charge on any atom is -0.483 e. The molecule has 0 fully saturated rings. The zero-order valence-electron chi connectivity index (χ0n) is 5.82. The van der Waals surface area contributed by atoms with E-state index in [-0.39, 0.29) is 0 Å². The number of rotatable bonds is 0. The summed E-state index contributed by atoms with van der Waals surface area (Å²) >= 11 is 0. The van der Waals surface area contributed by atoms with Crippen molar-refractivity contribution in [3.8, 4) is 5.75 Å². The fraction of sp³-hybridized carbons (Fsp3) is 0.143. The number of hydrogen-bond donors (Lipinski definition) is 1. The summed E-state index contributed by atoms with van der Waals surface area (Å²) < 4.78 is 5.22. The van der Waals surface area contributed by atoms with Gasteiger partial charge in [0, 0.05) is 0 Å². The highest BCUT2D eigenvalue weighted by Gasteiger charge is 2.09. The van der Waals surface area contributed by atoms with E-state index < -0.39 is 0 Å². The normalized spacial score (nSPS) is 13.8. The lowest BCUT2D eigenvalue weighted by atomic mass is 10.3. The van der Waals surface area contributed by atoms with E-state index in [1.54, 1.807) is 0 Å². The number of ether oxygens (including phenoxy) is 1. The van der Waals surface area contributed by atoms with Crippen molar-refractivity contribution in [2.75, 3.05) is 12.3 Å². The molecule has 1 aromatic heterocycles. The summed E-state index contributed by atoms with van der Waals surface area (Å²) in [6, 6.07) is 0. The van der Waals surface area contributed by atoms with Crippen LogP contribution in [0.25, 0.3) is 6.08 Å². The van der Waals surface area contributed by atoms with Gasteiger partial charge in [-0.25, -0.2) is 9.97 Å². The molecule has 1 aromatic rings. The first kappa shape index (κ1) is 6.15. The van der Waals surface area contributed by atoms with Crippen LogP contribution in [0.3, 0.4) is 0 Å². The van der Waals surface area contributed by atoms with Crippen LogP contribution < -0.4 is 10.5 Å². The Morgan fingerprint density at radius 3 is 3.18 bits per heavy atom. The largest absolute Gasteiger partial charge is 0.483 e. The van der Waals surface area contributed by atoms with Crippen molar-refractivity contribution in [1.29, 1.82) is 0 Å². The standard InChI is InChI=1S/C7H7N3O/c8-7-6-5(9-4-10-7)2-1-3-11-6/h1-2,4H,3H2,(H2,8,9,10). The third-order valence-corrected chi connectivity index (χ3v) is 1.46. The number of nitrogens with zero attached hydrogens (tertiary/aromatic N) is 2. The molecule has 0 saturated heterocycles. The average molecular weight is 149 g/mol. The second kappa shape index (κ2) is 2.23. The van der Waals surface area contributed by atoms with Crippen molar-refractivity contribution >= 4 is 11.9 Å². The van der Waals surface area contributed by atoms with Gasteiger partial charge in [0.25, 0.3) is 0 Å². The summed E-state index contributed by atoms with van der Waals surface area (Å²) in [5, 5.41) is 0. The summed E-state index contributed by atoms with van der Waals surface area (Å²) in [5.41, 5.74) is 6.28. The van der Waals surface area contributed by atoms with Crippen molar-refractivity contribution in [3.63, 3.8) is 0 Å². The molecular weight excluding hydrogens is 142 g/mol. The van der Waals surface area contributed by atoms with E-state index in [4.69, 9.17) is 10.5 Å². The van der Waals surface area contributed by atoms with Crippen LogP contribution in [0, 0.1) is 0 Å². The van der Waals surface area contributed by atoms with Gasteiger partial charge in [-0.15, -0.1) is 0 Å². The monoisotopic (exact) mass is 149 g/mol. The van der Waals surface area contributed by atoms with Crippen molar-refractivity contribution in [3.05, 3.63) is 18.1 Å². The zero-order valence-corrected chi connectivity index (χ0v) is 5.82. The van der Waals surface area contributed by atoms with E-state index in [1.807, 2.05) is 12.2 Å². The predicted molar refractivity (Wildman–Crippen MR) is 41.0 cm³/mol. The quantitative estimate of drug-likeness (QED) is 0.582. The van der Waals surface area contributed by atoms with Crippen LogP contribution >= 0.6 is 0 Å². The van der Waals surface area contributed by atoms with Crippen LogP contribution in [0.5, 0.6) is 5.75 Å². The maximum atomic E-state index is 5.53. The Balaban J connectivity index is 2.60. The minimum absolute atomic E-state index is 0.402. The van der Waals surface area contributed by atoms with Gasteiger partial charge in [-0.05, 0) is 12.2 Å². The number of fused-ring (bicyclic) bond motifs is 1. The maximum Gasteiger partial charge on any atom is 0.187 e. The van der Waals surface area contributed by atoms with Crippen molar-refractivity contribution in [2.24, 2.45) is 0 Å². The topological polar surface area (TPSA) is 61.0 Å². The molecule has 0 unspecified atom stereocenters. The van der Waals surface area contributed by atoms with E-state index in [1.165, 1.54) is 6.33 Å². The first-order valence-corrected chi connectivity index (χ1v) is 3.28. The molecule has 1 aliphatic heterocycles. The highest BCUT2D eigenvalue weighted by Crippen LogP contribution is 2.25. The molecule has 0 spiro atoms.